The molecule has 0 saturated carbocycles. The van der Waals surface area contributed by atoms with E-state index in [0.29, 0.717) is 11.1 Å². The third-order valence-corrected chi connectivity index (χ3v) is 2.39. The van der Waals surface area contributed by atoms with Gasteiger partial charge in [0, 0.05) is 13.6 Å². The van der Waals surface area contributed by atoms with E-state index < -0.39 is 0 Å². The molecule has 2 N–H and O–H groups in total. The zero-order valence-corrected chi connectivity index (χ0v) is 8.56. The standard InChI is InChI=1S/C9H14N2OS/c1-11(5-3-2-4-10)7-6-8(13)9(7)12/h6H,2-5,10H2,1H3. The molecule has 0 amide bonds. The predicted octanol–water partition coefficient (Wildman–Crippen LogP) is 0.827. The normalized spacial score (nSPS) is 10.6. The van der Waals surface area contributed by atoms with Crippen LogP contribution in [-0.4, -0.2) is 20.1 Å². The van der Waals surface area contributed by atoms with Crippen molar-refractivity contribution in [1.29, 1.82) is 0 Å². The molecule has 0 heterocycles. The minimum Gasteiger partial charge on any atom is -0.371 e. The first-order valence-corrected chi connectivity index (χ1v) is 4.79. The van der Waals surface area contributed by atoms with Crippen LogP contribution < -0.4 is 16.1 Å². The van der Waals surface area contributed by atoms with Gasteiger partial charge in [-0.1, -0.05) is 12.2 Å². The van der Waals surface area contributed by atoms with Gasteiger partial charge in [-0.15, -0.1) is 0 Å². The van der Waals surface area contributed by atoms with Crippen molar-refractivity contribution in [3.63, 3.8) is 0 Å². The van der Waals surface area contributed by atoms with E-state index >= 15 is 0 Å². The summed E-state index contributed by atoms with van der Waals surface area (Å²) in [4.78, 5) is 13.1. The molecule has 0 aliphatic rings. The van der Waals surface area contributed by atoms with Crippen LogP contribution in [0.1, 0.15) is 12.8 Å². The van der Waals surface area contributed by atoms with Crippen molar-refractivity contribution in [3.05, 3.63) is 20.8 Å². The topological polar surface area (TPSA) is 46.3 Å². The second-order valence-corrected chi connectivity index (χ2v) is 3.58. The number of rotatable bonds is 5. The fraction of sp³-hybridized carbons (Fsp3) is 0.556. The lowest BCUT2D eigenvalue weighted by Crippen LogP contribution is -2.27. The van der Waals surface area contributed by atoms with Gasteiger partial charge in [-0.05, 0) is 25.5 Å². The lowest BCUT2D eigenvalue weighted by molar-refractivity contribution is 0.726. The lowest BCUT2D eigenvalue weighted by Gasteiger charge is -2.19. The van der Waals surface area contributed by atoms with Gasteiger partial charge in [-0.2, -0.15) is 0 Å². The zero-order chi connectivity index (χ0) is 9.84. The number of nitrogens with zero attached hydrogens (tertiary/aromatic N) is 1. The molecule has 4 heteroatoms. The van der Waals surface area contributed by atoms with Crippen LogP contribution in [0.25, 0.3) is 0 Å². The summed E-state index contributed by atoms with van der Waals surface area (Å²) in [5.41, 5.74) is 6.11. The first-order chi connectivity index (χ1) is 6.16. The summed E-state index contributed by atoms with van der Waals surface area (Å²) >= 11 is 4.77. The van der Waals surface area contributed by atoms with Crippen LogP contribution in [0, 0.1) is 4.51 Å². The molecule has 0 saturated heterocycles. The summed E-state index contributed by atoms with van der Waals surface area (Å²) < 4.78 is 0.445. The van der Waals surface area contributed by atoms with Gasteiger partial charge in [0.2, 0.25) is 5.43 Å². The smallest absolute Gasteiger partial charge is 0.219 e. The second-order valence-electron chi connectivity index (χ2n) is 3.14. The summed E-state index contributed by atoms with van der Waals surface area (Å²) in [6.45, 7) is 1.58. The quantitative estimate of drug-likeness (QED) is 0.562. The average molecular weight is 198 g/mol. The van der Waals surface area contributed by atoms with Gasteiger partial charge in [-0.25, -0.2) is 0 Å². The highest BCUT2D eigenvalue weighted by Gasteiger charge is 2.10. The van der Waals surface area contributed by atoms with Gasteiger partial charge in [0.1, 0.15) is 0 Å². The predicted molar refractivity (Wildman–Crippen MR) is 57.5 cm³/mol. The Kier molecular flexibility index (Phi) is 3.57. The number of nitrogens with two attached hydrogens (primary N) is 1. The number of hydrogen-bond acceptors (Lipinski definition) is 4. The van der Waals surface area contributed by atoms with Gasteiger partial charge >= 0.3 is 0 Å². The number of unbranched alkanes of at least 4 members (excludes halogenated alkanes) is 1. The molecule has 0 radical (unpaired) electrons. The fourth-order valence-corrected chi connectivity index (χ4v) is 1.42. The summed E-state index contributed by atoms with van der Waals surface area (Å²) in [5.74, 6) is 0. The molecule has 0 bridgehead atoms. The van der Waals surface area contributed by atoms with E-state index in [1.54, 1.807) is 6.07 Å². The van der Waals surface area contributed by atoms with Crippen molar-refractivity contribution >= 4 is 17.9 Å². The van der Waals surface area contributed by atoms with E-state index in [0.717, 1.165) is 25.1 Å². The molecule has 72 valence electrons. The molecule has 1 aromatic carbocycles. The van der Waals surface area contributed by atoms with Crippen molar-refractivity contribution in [2.45, 2.75) is 12.8 Å². The summed E-state index contributed by atoms with van der Waals surface area (Å²) in [5, 5.41) is 0. The Labute approximate surface area is 82.9 Å². The molecule has 0 aromatic heterocycles. The summed E-state index contributed by atoms with van der Waals surface area (Å²) in [7, 11) is 1.90. The highest BCUT2D eigenvalue weighted by Crippen LogP contribution is 2.10. The van der Waals surface area contributed by atoms with Crippen LogP contribution in [0.4, 0.5) is 5.69 Å². The van der Waals surface area contributed by atoms with Crippen molar-refractivity contribution in [1.82, 2.24) is 0 Å². The maximum absolute atomic E-state index is 11.2. The van der Waals surface area contributed by atoms with Crippen LogP contribution in [-0.2, 0) is 0 Å². The average Bonchev–Trinajstić information content (AvgIpc) is 2.13. The maximum Gasteiger partial charge on any atom is 0.219 e. The van der Waals surface area contributed by atoms with Crippen molar-refractivity contribution in [2.75, 3.05) is 25.0 Å². The van der Waals surface area contributed by atoms with E-state index in [1.165, 1.54) is 0 Å². The number of anilines is 1. The van der Waals surface area contributed by atoms with Crippen LogP contribution in [0.15, 0.2) is 10.9 Å². The molecule has 0 aliphatic carbocycles. The zero-order valence-electron chi connectivity index (χ0n) is 7.75. The van der Waals surface area contributed by atoms with Crippen molar-refractivity contribution in [3.8, 4) is 0 Å². The minimum absolute atomic E-state index is 0.00486. The summed E-state index contributed by atoms with van der Waals surface area (Å²) in [6.07, 6.45) is 2.01. The fourth-order valence-electron chi connectivity index (χ4n) is 1.20. The van der Waals surface area contributed by atoms with E-state index in [2.05, 4.69) is 0 Å². The van der Waals surface area contributed by atoms with Gasteiger partial charge < -0.3 is 10.6 Å². The Morgan fingerprint density at radius 1 is 1.54 bits per heavy atom. The van der Waals surface area contributed by atoms with Crippen LogP contribution in [0.3, 0.4) is 0 Å². The first kappa shape index (κ1) is 10.3. The van der Waals surface area contributed by atoms with Crippen LogP contribution in [0.2, 0.25) is 0 Å². The Morgan fingerprint density at radius 2 is 2.23 bits per heavy atom. The minimum atomic E-state index is 0.00486. The molecular weight excluding hydrogens is 184 g/mol. The summed E-state index contributed by atoms with van der Waals surface area (Å²) in [6, 6.07) is 1.75. The van der Waals surface area contributed by atoms with E-state index in [-0.39, 0.29) is 5.43 Å². The molecule has 1 aromatic rings. The van der Waals surface area contributed by atoms with Gasteiger partial charge in [-0.3, -0.25) is 4.79 Å². The molecule has 0 spiro atoms. The Balaban J connectivity index is 2.42. The molecule has 0 fully saturated rings. The molecule has 0 aliphatic heterocycles. The Bertz CT molecular complexity index is 341. The van der Waals surface area contributed by atoms with Gasteiger partial charge in [0.25, 0.3) is 0 Å². The highest BCUT2D eigenvalue weighted by molar-refractivity contribution is 7.71. The SMILES string of the molecule is CN(CCCCN)c1cc(=S)c1=O. The third-order valence-electron chi connectivity index (χ3n) is 2.08. The number of hydrogen-bond donors (Lipinski definition) is 1. The van der Waals surface area contributed by atoms with Crippen molar-refractivity contribution < 1.29 is 0 Å². The molecule has 0 atom stereocenters. The van der Waals surface area contributed by atoms with E-state index in [4.69, 9.17) is 18.0 Å². The molecule has 1 rings (SSSR count). The van der Waals surface area contributed by atoms with Gasteiger partial charge in [0.05, 0.1) is 10.2 Å². The van der Waals surface area contributed by atoms with E-state index in [1.807, 2.05) is 11.9 Å². The largest absolute Gasteiger partial charge is 0.371 e. The Morgan fingerprint density at radius 3 is 2.69 bits per heavy atom. The molecular formula is C9H14N2OS. The molecule has 3 nitrogen and oxygen atoms in total. The Hall–Kier alpha value is -0.740. The maximum atomic E-state index is 11.2. The highest BCUT2D eigenvalue weighted by atomic mass is 32.1. The molecule has 13 heavy (non-hydrogen) atoms. The second kappa shape index (κ2) is 4.48. The first-order valence-electron chi connectivity index (χ1n) is 4.38. The van der Waals surface area contributed by atoms with Crippen LogP contribution in [0.5, 0.6) is 0 Å². The lowest BCUT2D eigenvalue weighted by atomic mass is 10.2. The van der Waals surface area contributed by atoms with E-state index in [9.17, 15) is 4.79 Å². The van der Waals surface area contributed by atoms with Crippen molar-refractivity contribution in [2.24, 2.45) is 5.73 Å². The molecule has 0 unspecified atom stereocenters. The van der Waals surface area contributed by atoms with Gasteiger partial charge in [0.15, 0.2) is 0 Å². The van der Waals surface area contributed by atoms with Crippen LogP contribution >= 0.6 is 12.2 Å². The third kappa shape index (κ3) is 2.35. The monoisotopic (exact) mass is 198 g/mol.